The Balaban J connectivity index is 1.47. The summed E-state index contributed by atoms with van der Waals surface area (Å²) < 4.78 is 5.44. The van der Waals surface area contributed by atoms with Gasteiger partial charge in [-0.2, -0.15) is 4.98 Å². The van der Waals surface area contributed by atoms with E-state index in [2.05, 4.69) is 64.1 Å². The molecule has 0 spiro atoms. The molecule has 4 heterocycles. The van der Waals surface area contributed by atoms with Crippen molar-refractivity contribution in [2.45, 2.75) is 52.5 Å². The average molecular weight is 401 g/mol. The molecule has 1 fully saturated rings. The lowest BCUT2D eigenvalue weighted by Crippen LogP contribution is -2.31. The third-order valence-electron chi connectivity index (χ3n) is 5.03. The smallest absolute Gasteiger partial charge is 0.232 e. The van der Waals surface area contributed by atoms with Crippen molar-refractivity contribution >= 4 is 27.4 Å². The lowest BCUT2D eigenvalue weighted by atomic mass is 9.97. The Bertz CT molecular complexity index is 944. The Hall–Kier alpha value is -2.06. The maximum Gasteiger partial charge on any atom is 0.232 e. The van der Waals surface area contributed by atoms with Crippen LogP contribution >= 0.6 is 11.3 Å². The summed E-state index contributed by atoms with van der Waals surface area (Å²) >= 11 is 1.69. The first-order valence-corrected chi connectivity index (χ1v) is 10.9. The molecule has 0 amide bonds. The summed E-state index contributed by atoms with van der Waals surface area (Å²) in [6.07, 6.45) is 1.94. The zero-order valence-corrected chi connectivity index (χ0v) is 17.9. The number of anilines is 1. The van der Waals surface area contributed by atoms with Gasteiger partial charge in [0.25, 0.3) is 0 Å². The summed E-state index contributed by atoms with van der Waals surface area (Å²) in [7, 11) is 0. The van der Waals surface area contributed by atoms with Crippen LogP contribution in [0.15, 0.2) is 16.0 Å². The van der Waals surface area contributed by atoms with E-state index in [0.29, 0.717) is 5.89 Å². The highest BCUT2D eigenvalue weighted by Gasteiger charge is 2.24. The van der Waals surface area contributed by atoms with Crippen LogP contribution in [0.25, 0.3) is 10.2 Å². The Kier molecular flexibility index (Phi) is 5.33. The summed E-state index contributed by atoms with van der Waals surface area (Å²) in [5.74, 6) is 3.48. The van der Waals surface area contributed by atoms with Gasteiger partial charge in [-0.05, 0) is 17.9 Å². The lowest BCUT2D eigenvalue weighted by molar-refractivity contribution is 0.269. The van der Waals surface area contributed by atoms with Crippen LogP contribution in [0, 0.1) is 0 Å². The summed E-state index contributed by atoms with van der Waals surface area (Å²) in [4.78, 5) is 20.0. The molecule has 4 rings (SSSR count). The molecular weight excluding hydrogens is 372 g/mol. The fourth-order valence-electron chi connectivity index (χ4n) is 3.45. The fourth-order valence-corrected chi connectivity index (χ4v) is 4.22. The first-order chi connectivity index (χ1) is 13.4. The highest BCUT2D eigenvalue weighted by atomic mass is 32.1. The van der Waals surface area contributed by atoms with Gasteiger partial charge in [0.1, 0.15) is 16.5 Å². The van der Waals surface area contributed by atoms with E-state index in [4.69, 9.17) is 9.51 Å². The minimum atomic E-state index is -0.114. The third-order valence-corrected chi connectivity index (χ3v) is 5.84. The van der Waals surface area contributed by atoms with Crippen molar-refractivity contribution in [3.63, 3.8) is 0 Å². The van der Waals surface area contributed by atoms with Crippen molar-refractivity contribution in [1.29, 1.82) is 0 Å². The Labute approximate surface area is 169 Å². The third kappa shape index (κ3) is 4.03. The average Bonchev–Trinajstić information content (AvgIpc) is 3.26. The zero-order chi connectivity index (χ0) is 19.7. The largest absolute Gasteiger partial charge is 0.355 e. The van der Waals surface area contributed by atoms with E-state index in [1.165, 1.54) is 5.39 Å². The summed E-state index contributed by atoms with van der Waals surface area (Å²) in [6.45, 7) is 13.0. The molecule has 0 unspecified atom stereocenters. The second-order valence-electron chi connectivity index (χ2n) is 8.34. The number of aryl methyl sites for hydroxylation is 1. The minimum absolute atomic E-state index is 0.114. The molecule has 8 heteroatoms. The number of nitrogens with zero attached hydrogens (tertiary/aromatic N) is 6. The molecule has 3 aromatic heterocycles. The first kappa shape index (κ1) is 19.3. The predicted octanol–water partition coefficient (Wildman–Crippen LogP) is 3.65. The monoisotopic (exact) mass is 400 g/mol. The maximum atomic E-state index is 5.44. The Morgan fingerprint density at radius 2 is 1.93 bits per heavy atom. The fraction of sp³-hybridized carbons (Fsp3) is 0.600. The van der Waals surface area contributed by atoms with Crippen LogP contribution < -0.4 is 4.90 Å². The van der Waals surface area contributed by atoms with Crippen LogP contribution in [0.3, 0.4) is 0 Å². The summed E-state index contributed by atoms with van der Waals surface area (Å²) in [5, 5.41) is 7.46. The molecule has 3 aromatic rings. The minimum Gasteiger partial charge on any atom is -0.355 e. The van der Waals surface area contributed by atoms with Gasteiger partial charge in [0, 0.05) is 38.0 Å². The molecule has 1 aliphatic rings. The van der Waals surface area contributed by atoms with Gasteiger partial charge >= 0.3 is 0 Å². The topological polar surface area (TPSA) is 71.2 Å². The predicted molar refractivity (Wildman–Crippen MR) is 112 cm³/mol. The Morgan fingerprint density at radius 1 is 1.07 bits per heavy atom. The van der Waals surface area contributed by atoms with Crippen LogP contribution in [0.4, 0.5) is 5.82 Å². The van der Waals surface area contributed by atoms with E-state index in [0.717, 1.165) is 67.9 Å². The van der Waals surface area contributed by atoms with Gasteiger partial charge in [0.2, 0.25) is 5.89 Å². The molecule has 0 aromatic carbocycles. The molecule has 1 aliphatic heterocycles. The number of hydrogen-bond acceptors (Lipinski definition) is 8. The SMILES string of the molecule is CCc1nc(N2CCCN(Cc3noc(C(C)(C)C)n3)CC2)c2ccsc2n1. The van der Waals surface area contributed by atoms with Gasteiger partial charge in [0.05, 0.1) is 11.9 Å². The van der Waals surface area contributed by atoms with Crippen molar-refractivity contribution in [1.82, 2.24) is 25.0 Å². The second kappa shape index (κ2) is 7.75. The molecule has 0 bridgehead atoms. The molecular formula is C20H28N6OS. The van der Waals surface area contributed by atoms with Gasteiger partial charge in [-0.25, -0.2) is 9.97 Å². The van der Waals surface area contributed by atoms with E-state index in [1.54, 1.807) is 11.3 Å². The van der Waals surface area contributed by atoms with Gasteiger partial charge in [-0.15, -0.1) is 11.3 Å². The quantitative estimate of drug-likeness (QED) is 0.662. The Morgan fingerprint density at radius 3 is 2.68 bits per heavy atom. The van der Waals surface area contributed by atoms with Gasteiger partial charge < -0.3 is 9.42 Å². The van der Waals surface area contributed by atoms with E-state index < -0.39 is 0 Å². The number of thiophene rings is 1. The van der Waals surface area contributed by atoms with E-state index >= 15 is 0 Å². The molecule has 0 aliphatic carbocycles. The normalized spacial score (nSPS) is 16.6. The van der Waals surface area contributed by atoms with Crippen molar-refractivity contribution in [2.75, 3.05) is 31.1 Å². The van der Waals surface area contributed by atoms with Crippen LogP contribution in [-0.4, -0.2) is 51.2 Å². The van der Waals surface area contributed by atoms with E-state index in [-0.39, 0.29) is 5.41 Å². The number of fused-ring (bicyclic) bond motifs is 1. The van der Waals surface area contributed by atoms with Gasteiger partial charge in [-0.3, -0.25) is 4.90 Å². The maximum absolute atomic E-state index is 5.44. The van der Waals surface area contributed by atoms with Crippen molar-refractivity contribution < 1.29 is 4.52 Å². The second-order valence-corrected chi connectivity index (χ2v) is 9.23. The summed E-state index contributed by atoms with van der Waals surface area (Å²) in [5.41, 5.74) is -0.114. The number of rotatable bonds is 4. The van der Waals surface area contributed by atoms with Crippen LogP contribution in [0.1, 0.15) is 51.7 Å². The van der Waals surface area contributed by atoms with Gasteiger partial charge in [0.15, 0.2) is 5.82 Å². The van der Waals surface area contributed by atoms with E-state index in [9.17, 15) is 0 Å². The van der Waals surface area contributed by atoms with Crippen LogP contribution in [-0.2, 0) is 18.4 Å². The summed E-state index contributed by atoms with van der Waals surface area (Å²) in [6, 6.07) is 2.14. The molecule has 28 heavy (non-hydrogen) atoms. The van der Waals surface area contributed by atoms with Crippen molar-refractivity contribution in [3.8, 4) is 0 Å². The van der Waals surface area contributed by atoms with Crippen molar-refractivity contribution in [2.24, 2.45) is 0 Å². The first-order valence-electron chi connectivity index (χ1n) is 9.98. The highest BCUT2D eigenvalue weighted by Crippen LogP contribution is 2.29. The number of aromatic nitrogens is 4. The highest BCUT2D eigenvalue weighted by molar-refractivity contribution is 7.16. The molecule has 0 radical (unpaired) electrons. The van der Waals surface area contributed by atoms with Crippen molar-refractivity contribution in [3.05, 3.63) is 29.0 Å². The number of hydrogen-bond donors (Lipinski definition) is 0. The standard InChI is InChI=1S/C20H28N6OS/c1-5-15-21-17(14-7-12-28-18(14)22-15)26-9-6-8-25(10-11-26)13-16-23-19(27-24-16)20(2,3)4/h7,12H,5-6,8-11,13H2,1-4H3. The molecule has 0 atom stereocenters. The molecule has 0 N–H and O–H groups in total. The molecule has 0 saturated carbocycles. The van der Waals surface area contributed by atoms with E-state index in [1.807, 2.05) is 0 Å². The molecule has 150 valence electrons. The van der Waals surface area contributed by atoms with Crippen LogP contribution in [0.5, 0.6) is 0 Å². The molecule has 1 saturated heterocycles. The molecule has 7 nitrogen and oxygen atoms in total. The van der Waals surface area contributed by atoms with Gasteiger partial charge in [-0.1, -0.05) is 32.9 Å². The lowest BCUT2D eigenvalue weighted by Gasteiger charge is -2.23. The van der Waals surface area contributed by atoms with Crippen LogP contribution in [0.2, 0.25) is 0 Å². The zero-order valence-electron chi connectivity index (χ0n) is 17.1.